The van der Waals surface area contributed by atoms with Crippen LogP contribution < -0.4 is 9.47 Å². The van der Waals surface area contributed by atoms with Gasteiger partial charge in [0.1, 0.15) is 11.5 Å². The fraction of sp³-hybridized carbons (Fsp3) is 0.190. The first kappa shape index (κ1) is 18.4. The van der Waals surface area contributed by atoms with Gasteiger partial charge in [0.2, 0.25) is 0 Å². The highest BCUT2D eigenvalue weighted by molar-refractivity contribution is 5.95. The molecule has 0 N–H and O–H groups in total. The van der Waals surface area contributed by atoms with E-state index in [0.717, 1.165) is 11.1 Å². The van der Waals surface area contributed by atoms with Crippen LogP contribution in [0.3, 0.4) is 0 Å². The van der Waals surface area contributed by atoms with Gasteiger partial charge >= 0.3 is 0 Å². The van der Waals surface area contributed by atoms with Crippen LogP contribution in [0.15, 0.2) is 67.3 Å². The lowest BCUT2D eigenvalue weighted by Gasteiger charge is -2.23. The fourth-order valence-electron chi connectivity index (χ4n) is 2.73. The van der Waals surface area contributed by atoms with Crippen molar-refractivity contribution in [1.82, 2.24) is 14.9 Å². The van der Waals surface area contributed by atoms with E-state index >= 15 is 0 Å². The molecule has 0 bridgehead atoms. The molecule has 138 valence electrons. The van der Waals surface area contributed by atoms with Crippen molar-refractivity contribution in [2.45, 2.75) is 13.1 Å². The third-order valence-electron chi connectivity index (χ3n) is 4.10. The van der Waals surface area contributed by atoms with Crippen molar-refractivity contribution in [2.75, 3.05) is 14.2 Å². The summed E-state index contributed by atoms with van der Waals surface area (Å²) in [6.45, 7) is 0.893. The second-order valence-electron chi connectivity index (χ2n) is 5.98. The number of carbonyl (C=O) groups is 1. The molecule has 1 amide bonds. The molecule has 0 aliphatic rings. The lowest BCUT2D eigenvalue weighted by molar-refractivity contribution is 0.0729. The highest BCUT2D eigenvalue weighted by Crippen LogP contribution is 2.24. The van der Waals surface area contributed by atoms with E-state index in [0.29, 0.717) is 30.2 Å². The summed E-state index contributed by atoms with van der Waals surface area (Å²) in [5.74, 6) is 1.03. The van der Waals surface area contributed by atoms with Crippen molar-refractivity contribution in [2.24, 2.45) is 0 Å². The summed E-state index contributed by atoms with van der Waals surface area (Å²) >= 11 is 0. The van der Waals surface area contributed by atoms with Crippen LogP contribution in [0.2, 0.25) is 0 Å². The number of rotatable bonds is 7. The standard InChI is InChI=1S/C21H21N3O3/c1-26-19-10-18(11-20(12-19)27-2)21(25)24(14-16-5-8-22-9-6-16)15-17-4-3-7-23-13-17/h3-13H,14-15H2,1-2H3. The quantitative estimate of drug-likeness (QED) is 0.644. The molecule has 2 heterocycles. The molecule has 6 nitrogen and oxygen atoms in total. The summed E-state index contributed by atoms with van der Waals surface area (Å²) in [5.41, 5.74) is 2.45. The average molecular weight is 363 g/mol. The first-order valence-electron chi connectivity index (χ1n) is 8.49. The molecule has 0 saturated heterocycles. The largest absolute Gasteiger partial charge is 0.497 e. The Hall–Kier alpha value is -3.41. The normalized spacial score (nSPS) is 10.3. The van der Waals surface area contributed by atoms with Gasteiger partial charge in [0, 0.05) is 49.5 Å². The molecule has 2 aromatic heterocycles. The van der Waals surface area contributed by atoms with Gasteiger partial charge in [-0.25, -0.2) is 0 Å². The van der Waals surface area contributed by atoms with Gasteiger partial charge in [-0.05, 0) is 41.5 Å². The molecule has 0 atom stereocenters. The molecule has 0 aliphatic carbocycles. The van der Waals surface area contributed by atoms with Crippen LogP contribution in [0.25, 0.3) is 0 Å². The van der Waals surface area contributed by atoms with Gasteiger partial charge in [0.25, 0.3) is 5.91 Å². The Morgan fingerprint density at radius 2 is 1.56 bits per heavy atom. The number of pyridine rings is 2. The minimum Gasteiger partial charge on any atom is -0.497 e. The minimum absolute atomic E-state index is 0.118. The molecular formula is C21H21N3O3. The van der Waals surface area contributed by atoms with Crippen LogP contribution in [0.4, 0.5) is 0 Å². The fourth-order valence-corrected chi connectivity index (χ4v) is 2.73. The summed E-state index contributed by atoms with van der Waals surface area (Å²) in [6.07, 6.45) is 6.91. The summed E-state index contributed by atoms with van der Waals surface area (Å²) in [6, 6.07) is 12.8. The molecule has 0 aliphatic heterocycles. The Balaban J connectivity index is 1.92. The third-order valence-corrected chi connectivity index (χ3v) is 4.10. The molecular weight excluding hydrogens is 342 g/mol. The van der Waals surface area contributed by atoms with E-state index in [-0.39, 0.29) is 5.91 Å². The van der Waals surface area contributed by atoms with Gasteiger partial charge in [-0.2, -0.15) is 0 Å². The smallest absolute Gasteiger partial charge is 0.254 e. The van der Waals surface area contributed by atoms with Crippen LogP contribution in [0.1, 0.15) is 21.5 Å². The number of hydrogen-bond acceptors (Lipinski definition) is 5. The van der Waals surface area contributed by atoms with E-state index in [1.165, 1.54) is 0 Å². The molecule has 0 fully saturated rings. The zero-order chi connectivity index (χ0) is 19.1. The lowest BCUT2D eigenvalue weighted by atomic mass is 10.1. The van der Waals surface area contributed by atoms with Crippen LogP contribution >= 0.6 is 0 Å². The van der Waals surface area contributed by atoms with Crippen LogP contribution in [0.5, 0.6) is 11.5 Å². The Morgan fingerprint density at radius 3 is 2.15 bits per heavy atom. The Morgan fingerprint density at radius 1 is 0.889 bits per heavy atom. The van der Waals surface area contributed by atoms with E-state index in [1.807, 2.05) is 24.3 Å². The van der Waals surface area contributed by atoms with Crippen LogP contribution in [-0.4, -0.2) is 35.0 Å². The van der Waals surface area contributed by atoms with Crippen molar-refractivity contribution in [3.8, 4) is 11.5 Å². The van der Waals surface area contributed by atoms with Crippen LogP contribution in [0, 0.1) is 0 Å². The second-order valence-corrected chi connectivity index (χ2v) is 5.98. The molecule has 0 spiro atoms. The maximum atomic E-state index is 13.3. The first-order chi connectivity index (χ1) is 13.2. The monoisotopic (exact) mass is 363 g/mol. The zero-order valence-corrected chi connectivity index (χ0v) is 15.3. The number of ether oxygens (including phenoxy) is 2. The molecule has 3 rings (SSSR count). The van der Waals surface area contributed by atoms with Crippen molar-refractivity contribution in [1.29, 1.82) is 0 Å². The summed E-state index contributed by atoms with van der Waals surface area (Å²) in [7, 11) is 3.13. The zero-order valence-electron chi connectivity index (χ0n) is 15.3. The molecule has 27 heavy (non-hydrogen) atoms. The Kier molecular flexibility index (Phi) is 5.99. The molecule has 6 heteroatoms. The highest BCUT2D eigenvalue weighted by atomic mass is 16.5. The van der Waals surface area contributed by atoms with Crippen molar-refractivity contribution in [3.05, 3.63) is 83.9 Å². The maximum Gasteiger partial charge on any atom is 0.254 e. The lowest BCUT2D eigenvalue weighted by Crippen LogP contribution is -2.30. The Labute approximate surface area is 158 Å². The minimum atomic E-state index is -0.118. The van der Waals surface area contributed by atoms with Gasteiger partial charge in [0.15, 0.2) is 0 Å². The number of amides is 1. The number of nitrogens with zero attached hydrogens (tertiary/aromatic N) is 3. The topological polar surface area (TPSA) is 64.6 Å². The van der Waals surface area contributed by atoms with E-state index in [1.54, 1.807) is 62.1 Å². The number of aromatic nitrogens is 2. The molecule has 0 saturated carbocycles. The van der Waals surface area contributed by atoms with Gasteiger partial charge < -0.3 is 14.4 Å². The maximum absolute atomic E-state index is 13.3. The van der Waals surface area contributed by atoms with E-state index in [4.69, 9.17) is 9.47 Å². The van der Waals surface area contributed by atoms with E-state index in [9.17, 15) is 4.79 Å². The van der Waals surface area contributed by atoms with E-state index in [2.05, 4.69) is 9.97 Å². The average Bonchev–Trinajstić information content (AvgIpc) is 2.73. The van der Waals surface area contributed by atoms with E-state index < -0.39 is 0 Å². The van der Waals surface area contributed by atoms with Crippen molar-refractivity contribution in [3.63, 3.8) is 0 Å². The summed E-state index contributed by atoms with van der Waals surface area (Å²) < 4.78 is 10.6. The summed E-state index contributed by atoms with van der Waals surface area (Å²) in [4.78, 5) is 23.2. The van der Waals surface area contributed by atoms with Crippen LogP contribution in [-0.2, 0) is 13.1 Å². The van der Waals surface area contributed by atoms with Gasteiger partial charge in [-0.3, -0.25) is 14.8 Å². The molecule has 0 radical (unpaired) electrons. The molecule has 3 aromatic rings. The molecule has 1 aromatic carbocycles. The van der Waals surface area contributed by atoms with Gasteiger partial charge in [-0.1, -0.05) is 6.07 Å². The second kappa shape index (κ2) is 8.80. The van der Waals surface area contributed by atoms with Gasteiger partial charge in [0.05, 0.1) is 14.2 Å². The number of benzene rings is 1. The number of hydrogen-bond donors (Lipinski definition) is 0. The summed E-state index contributed by atoms with van der Waals surface area (Å²) in [5, 5.41) is 0. The SMILES string of the molecule is COc1cc(OC)cc(C(=O)N(Cc2ccncc2)Cc2cccnc2)c1. The number of carbonyl (C=O) groups excluding carboxylic acids is 1. The first-order valence-corrected chi connectivity index (χ1v) is 8.49. The predicted molar refractivity (Wildman–Crippen MR) is 102 cm³/mol. The molecule has 0 unspecified atom stereocenters. The van der Waals surface area contributed by atoms with Gasteiger partial charge in [-0.15, -0.1) is 0 Å². The third kappa shape index (κ3) is 4.82. The highest BCUT2D eigenvalue weighted by Gasteiger charge is 2.19. The Bertz CT molecular complexity index is 822. The number of methoxy groups -OCH3 is 2. The van der Waals surface area contributed by atoms with Crippen molar-refractivity contribution < 1.29 is 14.3 Å². The predicted octanol–water partition coefficient (Wildman–Crippen LogP) is 3.34. The van der Waals surface area contributed by atoms with Crippen molar-refractivity contribution >= 4 is 5.91 Å².